The maximum Gasteiger partial charge on any atom is 0.276 e. The summed E-state index contributed by atoms with van der Waals surface area (Å²) in [5.74, 6) is -0.552. The van der Waals surface area contributed by atoms with Crippen molar-refractivity contribution in [3.63, 3.8) is 0 Å². The molecule has 2 amide bonds. The second-order valence-corrected chi connectivity index (χ2v) is 8.36. The standard InChI is InChI=1S/C25H28N4O3/c1-3-4-7-14-29-25(32)20-9-6-5-8-19(20)22(28-29)24(31)27-21-15-17(11-10-16(21)2)23(30)26-18-12-13-18/h5-6,8-11,15,18H,3-4,7,12-14H2,1-2H3,(H,26,30)(H,27,31). The summed E-state index contributed by atoms with van der Waals surface area (Å²) in [6, 6.07) is 12.5. The summed E-state index contributed by atoms with van der Waals surface area (Å²) in [5, 5.41) is 11.3. The molecule has 166 valence electrons. The van der Waals surface area contributed by atoms with Crippen LogP contribution in [-0.2, 0) is 6.54 Å². The second-order valence-electron chi connectivity index (χ2n) is 8.36. The lowest BCUT2D eigenvalue weighted by Gasteiger charge is -2.13. The first-order chi connectivity index (χ1) is 15.5. The van der Waals surface area contributed by atoms with Gasteiger partial charge in [-0.05, 0) is 49.9 Å². The van der Waals surface area contributed by atoms with E-state index in [4.69, 9.17) is 0 Å². The molecule has 1 fully saturated rings. The van der Waals surface area contributed by atoms with Crippen LogP contribution >= 0.6 is 0 Å². The third-order valence-corrected chi connectivity index (χ3v) is 5.72. The van der Waals surface area contributed by atoms with Crippen LogP contribution in [0.25, 0.3) is 10.8 Å². The van der Waals surface area contributed by atoms with Crippen molar-refractivity contribution in [2.75, 3.05) is 5.32 Å². The SMILES string of the molecule is CCCCCn1nc(C(=O)Nc2cc(C(=O)NC3CC3)ccc2C)c2ccccc2c1=O. The molecule has 0 aliphatic heterocycles. The number of hydrogen-bond acceptors (Lipinski definition) is 4. The quantitative estimate of drug-likeness (QED) is 0.526. The fraction of sp³-hybridized carbons (Fsp3) is 0.360. The highest BCUT2D eigenvalue weighted by Gasteiger charge is 2.24. The number of fused-ring (bicyclic) bond motifs is 1. The molecule has 4 rings (SSSR count). The molecule has 7 heteroatoms. The van der Waals surface area contributed by atoms with E-state index in [-0.39, 0.29) is 23.2 Å². The predicted molar refractivity (Wildman–Crippen MR) is 125 cm³/mol. The summed E-state index contributed by atoms with van der Waals surface area (Å²) in [5.41, 5.74) is 1.89. The fourth-order valence-corrected chi connectivity index (χ4v) is 3.64. The molecule has 0 unspecified atom stereocenters. The first kappa shape index (κ1) is 21.7. The van der Waals surface area contributed by atoms with Gasteiger partial charge in [-0.25, -0.2) is 4.68 Å². The number of nitrogens with one attached hydrogen (secondary N) is 2. The van der Waals surface area contributed by atoms with Gasteiger partial charge in [0.1, 0.15) is 0 Å². The lowest BCUT2D eigenvalue weighted by atomic mass is 10.1. The monoisotopic (exact) mass is 432 g/mol. The van der Waals surface area contributed by atoms with Crippen LogP contribution in [0.5, 0.6) is 0 Å². The molecule has 0 bridgehead atoms. The Morgan fingerprint density at radius 3 is 2.53 bits per heavy atom. The van der Waals surface area contributed by atoms with Crippen LogP contribution < -0.4 is 16.2 Å². The molecule has 1 aliphatic carbocycles. The van der Waals surface area contributed by atoms with E-state index in [0.717, 1.165) is 37.7 Å². The Hall–Kier alpha value is -3.48. The number of hydrogen-bond donors (Lipinski definition) is 2. The van der Waals surface area contributed by atoms with Gasteiger partial charge in [0.15, 0.2) is 5.69 Å². The summed E-state index contributed by atoms with van der Waals surface area (Å²) in [6.07, 6.45) is 4.85. The molecule has 7 nitrogen and oxygen atoms in total. The third kappa shape index (κ3) is 4.72. The van der Waals surface area contributed by atoms with Crippen molar-refractivity contribution in [1.29, 1.82) is 0 Å². The van der Waals surface area contributed by atoms with Crippen molar-refractivity contribution in [3.05, 3.63) is 69.6 Å². The van der Waals surface area contributed by atoms with E-state index in [2.05, 4.69) is 22.7 Å². The Bertz CT molecular complexity index is 1230. The number of carbonyl (C=O) groups excluding carboxylic acids is 2. The number of aromatic nitrogens is 2. The van der Waals surface area contributed by atoms with Crippen molar-refractivity contribution in [1.82, 2.24) is 15.1 Å². The first-order valence-corrected chi connectivity index (χ1v) is 11.2. The van der Waals surface area contributed by atoms with Gasteiger partial charge in [-0.1, -0.05) is 44.0 Å². The average Bonchev–Trinajstić information content (AvgIpc) is 3.61. The highest BCUT2D eigenvalue weighted by atomic mass is 16.2. The van der Waals surface area contributed by atoms with Gasteiger partial charge in [-0.15, -0.1) is 0 Å². The minimum absolute atomic E-state index is 0.143. The second kappa shape index (κ2) is 9.34. The van der Waals surface area contributed by atoms with Crippen LogP contribution in [0.3, 0.4) is 0 Å². The van der Waals surface area contributed by atoms with Gasteiger partial charge >= 0.3 is 0 Å². The van der Waals surface area contributed by atoms with Gasteiger partial charge in [-0.3, -0.25) is 14.4 Å². The number of carbonyl (C=O) groups is 2. The number of benzene rings is 2. The van der Waals surface area contributed by atoms with Crippen molar-refractivity contribution in [3.8, 4) is 0 Å². The van der Waals surface area contributed by atoms with Gasteiger partial charge in [0.2, 0.25) is 0 Å². The highest BCUT2D eigenvalue weighted by molar-refractivity contribution is 6.11. The molecule has 0 atom stereocenters. The summed E-state index contributed by atoms with van der Waals surface area (Å²) in [4.78, 5) is 38.5. The average molecular weight is 433 g/mol. The Balaban J connectivity index is 1.65. The van der Waals surface area contributed by atoms with Crippen molar-refractivity contribution < 1.29 is 9.59 Å². The normalized spacial score (nSPS) is 13.2. The van der Waals surface area contributed by atoms with E-state index in [1.54, 1.807) is 36.4 Å². The van der Waals surface area contributed by atoms with Crippen molar-refractivity contribution >= 4 is 28.3 Å². The van der Waals surface area contributed by atoms with Gasteiger partial charge in [0.05, 0.1) is 5.39 Å². The molecular weight excluding hydrogens is 404 g/mol. The molecule has 3 aromatic rings. The van der Waals surface area contributed by atoms with Crippen LogP contribution in [0.1, 0.15) is 65.4 Å². The van der Waals surface area contributed by atoms with Gasteiger partial charge < -0.3 is 10.6 Å². The predicted octanol–water partition coefficient (Wildman–Crippen LogP) is 4.04. The molecule has 2 N–H and O–H groups in total. The van der Waals surface area contributed by atoms with Gasteiger partial charge in [0.25, 0.3) is 17.4 Å². The largest absolute Gasteiger partial charge is 0.349 e. The van der Waals surface area contributed by atoms with Gasteiger partial charge in [0, 0.05) is 29.2 Å². The number of amides is 2. The smallest absolute Gasteiger partial charge is 0.276 e. The maximum atomic E-state index is 13.3. The topological polar surface area (TPSA) is 93.1 Å². The minimum Gasteiger partial charge on any atom is -0.349 e. The number of aryl methyl sites for hydroxylation is 2. The fourth-order valence-electron chi connectivity index (χ4n) is 3.64. The highest BCUT2D eigenvalue weighted by Crippen LogP contribution is 2.22. The Labute approximate surface area is 186 Å². The lowest BCUT2D eigenvalue weighted by Crippen LogP contribution is -2.28. The zero-order valence-corrected chi connectivity index (χ0v) is 18.5. The number of anilines is 1. The zero-order valence-electron chi connectivity index (χ0n) is 18.5. The Kier molecular flexibility index (Phi) is 6.35. The number of rotatable bonds is 8. The van der Waals surface area contributed by atoms with Crippen LogP contribution in [0, 0.1) is 6.92 Å². The molecule has 32 heavy (non-hydrogen) atoms. The van der Waals surface area contributed by atoms with E-state index in [1.165, 1.54) is 4.68 Å². The molecule has 0 saturated heterocycles. The molecule has 1 aliphatic rings. The molecule has 0 spiro atoms. The summed E-state index contributed by atoms with van der Waals surface area (Å²) in [7, 11) is 0. The van der Waals surface area contributed by atoms with Crippen molar-refractivity contribution in [2.45, 2.75) is 58.5 Å². The van der Waals surface area contributed by atoms with Crippen molar-refractivity contribution in [2.24, 2.45) is 0 Å². The minimum atomic E-state index is -0.409. The van der Waals surface area contributed by atoms with Crippen LogP contribution in [0.4, 0.5) is 5.69 Å². The van der Waals surface area contributed by atoms with Crippen LogP contribution in [-0.4, -0.2) is 27.6 Å². The van der Waals surface area contributed by atoms with E-state index >= 15 is 0 Å². The summed E-state index contributed by atoms with van der Waals surface area (Å²) < 4.78 is 1.39. The Morgan fingerprint density at radius 1 is 1.06 bits per heavy atom. The van der Waals surface area contributed by atoms with Crippen LogP contribution in [0.2, 0.25) is 0 Å². The van der Waals surface area contributed by atoms with Crippen LogP contribution in [0.15, 0.2) is 47.3 Å². The van der Waals surface area contributed by atoms with Gasteiger partial charge in [-0.2, -0.15) is 5.10 Å². The maximum absolute atomic E-state index is 13.3. The number of nitrogens with zero attached hydrogens (tertiary/aromatic N) is 2. The van der Waals surface area contributed by atoms with E-state index in [9.17, 15) is 14.4 Å². The molecule has 1 aromatic heterocycles. The lowest BCUT2D eigenvalue weighted by molar-refractivity contribution is 0.0949. The first-order valence-electron chi connectivity index (χ1n) is 11.2. The molecule has 1 saturated carbocycles. The summed E-state index contributed by atoms with van der Waals surface area (Å²) in [6.45, 7) is 4.43. The molecule has 1 heterocycles. The van der Waals surface area contributed by atoms with E-state index < -0.39 is 5.91 Å². The van der Waals surface area contributed by atoms with E-state index in [1.807, 2.05) is 13.0 Å². The molecular formula is C25H28N4O3. The zero-order chi connectivity index (χ0) is 22.7. The molecule has 2 aromatic carbocycles. The third-order valence-electron chi connectivity index (χ3n) is 5.72. The number of unbranched alkanes of at least 4 members (excludes halogenated alkanes) is 2. The summed E-state index contributed by atoms with van der Waals surface area (Å²) >= 11 is 0. The Morgan fingerprint density at radius 2 is 1.81 bits per heavy atom. The molecule has 0 radical (unpaired) electrons. The van der Waals surface area contributed by atoms with E-state index in [0.29, 0.717) is 28.6 Å².